The summed E-state index contributed by atoms with van der Waals surface area (Å²) in [6.45, 7) is 2.50. The molecule has 1 heterocycles. The first-order valence-electron chi connectivity index (χ1n) is 6.80. The minimum absolute atomic E-state index is 0.0754. The van der Waals surface area contributed by atoms with Crippen LogP contribution in [0.5, 0.6) is 5.75 Å². The van der Waals surface area contributed by atoms with Crippen LogP contribution in [0.3, 0.4) is 0 Å². The molecule has 1 N–H and O–H groups in total. The van der Waals surface area contributed by atoms with Crippen molar-refractivity contribution < 1.29 is 14.3 Å². The monoisotopic (exact) mass is 263 g/mol. The Morgan fingerprint density at radius 1 is 1.32 bits per heavy atom. The predicted octanol–water partition coefficient (Wildman–Crippen LogP) is 2.04. The van der Waals surface area contributed by atoms with Gasteiger partial charge in [0.2, 0.25) is 0 Å². The molecule has 0 amide bonds. The summed E-state index contributed by atoms with van der Waals surface area (Å²) in [5, 5.41) is 3.29. The van der Waals surface area contributed by atoms with E-state index < -0.39 is 0 Å². The highest BCUT2D eigenvalue weighted by Gasteiger charge is 2.15. The van der Waals surface area contributed by atoms with E-state index in [0.717, 1.165) is 25.9 Å². The third-order valence-corrected chi connectivity index (χ3v) is 3.38. The minimum atomic E-state index is 0.0754. The Balaban J connectivity index is 1.80. The van der Waals surface area contributed by atoms with Gasteiger partial charge < -0.3 is 14.8 Å². The summed E-state index contributed by atoms with van der Waals surface area (Å²) in [7, 11) is 1.58. The van der Waals surface area contributed by atoms with E-state index in [2.05, 4.69) is 5.32 Å². The van der Waals surface area contributed by atoms with Crippen molar-refractivity contribution in [1.29, 1.82) is 0 Å². The molecule has 0 radical (unpaired) electrons. The molecule has 1 aliphatic rings. The maximum atomic E-state index is 12.1. The Bertz CT molecular complexity index is 414. The number of para-hydroxylation sites is 1. The summed E-state index contributed by atoms with van der Waals surface area (Å²) in [5.41, 5.74) is 0.638. The van der Waals surface area contributed by atoms with Crippen LogP contribution in [0.2, 0.25) is 0 Å². The zero-order valence-electron chi connectivity index (χ0n) is 11.4. The standard InChI is InChI=1S/C15H21NO3/c1-18-15-5-3-2-4-13(15)14(17)8-11-19-12-6-9-16-10-7-12/h2-5,12,16H,6-11H2,1H3. The number of carbonyl (C=O) groups is 1. The van der Waals surface area contributed by atoms with Crippen molar-refractivity contribution in [2.45, 2.75) is 25.4 Å². The van der Waals surface area contributed by atoms with E-state index in [9.17, 15) is 4.79 Å². The quantitative estimate of drug-likeness (QED) is 0.798. The summed E-state index contributed by atoms with van der Waals surface area (Å²) in [6, 6.07) is 7.32. The highest BCUT2D eigenvalue weighted by Crippen LogP contribution is 2.19. The molecule has 1 aromatic carbocycles. The average Bonchev–Trinajstić information content (AvgIpc) is 2.48. The number of piperidine rings is 1. The van der Waals surface area contributed by atoms with Crippen molar-refractivity contribution >= 4 is 5.78 Å². The number of hydrogen-bond acceptors (Lipinski definition) is 4. The van der Waals surface area contributed by atoms with Gasteiger partial charge in [-0.1, -0.05) is 12.1 Å². The molecule has 4 nitrogen and oxygen atoms in total. The van der Waals surface area contributed by atoms with E-state index >= 15 is 0 Å². The van der Waals surface area contributed by atoms with E-state index in [1.165, 1.54) is 0 Å². The molecule has 0 spiro atoms. The topological polar surface area (TPSA) is 47.6 Å². The molecular weight excluding hydrogens is 242 g/mol. The predicted molar refractivity (Wildman–Crippen MR) is 73.8 cm³/mol. The summed E-state index contributed by atoms with van der Waals surface area (Å²) in [5.74, 6) is 0.709. The van der Waals surface area contributed by atoms with Gasteiger partial charge in [-0.15, -0.1) is 0 Å². The Morgan fingerprint density at radius 2 is 2.05 bits per heavy atom. The number of nitrogens with one attached hydrogen (secondary N) is 1. The van der Waals surface area contributed by atoms with Gasteiger partial charge in [0.25, 0.3) is 0 Å². The lowest BCUT2D eigenvalue weighted by Crippen LogP contribution is -2.32. The fraction of sp³-hybridized carbons (Fsp3) is 0.533. The van der Waals surface area contributed by atoms with Crippen LogP contribution in [0.1, 0.15) is 29.6 Å². The van der Waals surface area contributed by atoms with Crippen LogP contribution in [-0.4, -0.2) is 38.7 Å². The molecule has 0 atom stereocenters. The number of methoxy groups -OCH3 is 1. The van der Waals surface area contributed by atoms with Crippen LogP contribution in [0.25, 0.3) is 0 Å². The van der Waals surface area contributed by atoms with E-state index in [1.54, 1.807) is 19.2 Å². The lowest BCUT2D eigenvalue weighted by Gasteiger charge is -2.22. The molecule has 1 aliphatic heterocycles. The van der Waals surface area contributed by atoms with Crippen molar-refractivity contribution in [3.8, 4) is 5.75 Å². The Labute approximate surface area is 114 Å². The number of carbonyl (C=O) groups excluding carboxylic acids is 1. The summed E-state index contributed by atoms with van der Waals surface area (Å²) in [6.07, 6.45) is 2.77. The van der Waals surface area contributed by atoms with Gasteiger partial charge in [-0.25, -0.2) is 0 Å². The lowest BCUT2D eigenvalue weighted by atomic mass is 10.1. The Kier molecular flexibility index (Phi) is 5.36. The smallest absolute Gasteiger partial charge is 0.168 e. The highest BCUT2D eigenvalue weighted by atomic mass is 16.5. The largest absolute Gasteiger partial charge is 0.496 e. The molecule has 1 aromatic rings. The highest BCUT2D eigenvalue weighted by molar-refractivity contribution is 5.98. The zero-order valence-corrected chi connectivity index (χ0v) is 11.4. The van der Waals surface area contributed by atoms with Crippen LogP contribution in [0, 0.1) is 0 Å². The molecule has 0 aliphatic carbocycles. The van der Waals surface area contributed by atoms with Crippen molar-refractivity contribution in [2.24, 2.45) is 0 Å². The number of rotatable bonds is 6. The molecule has 19 heavy (non-hydrogen) atoms. The van der Waals surface area contributed by atoms with E-state index in [-0.39, 0.29) is 5.78 Å². The van der Waals surface area contributed by atoms with Gasteiger partial charge in [0.15, 0.2) is 5.78 Å². The second kappa shape index (κ2) is 7.26. The fourth-order valence-corrected chi connectivity index (χ4v) is 2.29. The van der Waals surface area contributed by atoms with Crippen LogP contribution in [0.15, 0.2) is 24.3 Å². The van der Waals surface area contributed by atoms with Gasteiger partial charge in [0.05, 0.1) is 25.4 Å². The van der Waals surface area contributed by atoms with Crippen LogP contribution in [0.4, 0.5) is 0 Å². The Hall–Kier alpha value is -1.39. The third-order valence-electron chi connectivity index (χ3n) is 3.38. The van der Waals surface area contributed by atoms with Gasteiger partial charge in [-0.3, -0.25) is 4.79 Å². The molecule has 4 heteroatoms. The van der Waals surface area contributed by atoms with Crippen LogP contribution < -0.4 is 10.1 Å². The number of benzene rings is 1. The minimum Gasteiger partial charge on any atom is -0.496 e. The van der Waals surface area contributed by atoms with Gasteiger partial charge in [0, 0.05) is 6.42 Å². The van der Waals surface area contributed by atoms with Crippen LogP contribution in [-0.2, 0) is 4.74 Å². The second-order valence-electron chi connectivity index (χ2n) is 4.69. The molecule has 0 bridgehead atoms. The second-order valence-corrected chi connectivity index (χ2v) is 4.69. The molecule has 1 fully saturated rings. The van der Waals surface area contributed by atoms with E-state index in [4.69, 9.17) is 9.47 Å². The van der Waals surface area contributed by atoms with Crippen molar-refractivity contribution in [2.75, 3.05) is 26.8 Å². The maximum Gasteiger partial charge on any atom is 0.168 e. The molecule has 2 rings (SSSR count). The normalized spacial score (nSPS) is 16.3. The zero-order chi connectivity index (χ0) is 13.5. The SMILES string of the molecule is COc1ccccc1C(=O)CCOC1CCNCC1. The molecular formula is C15H21NO3. The third kappa shape index (κ3) is 4.04. The van der Waals surface area contributed by atoms with Crippen molar-refractivity contribution in [3.63, 3.8) is 0 Å². The van der Waals surface area contributed by atoms with Crippen molar-refractivity contribution in [3.05, 3.63) is 29.8 Å². The van der Waals surface area contributed by atoms with E-state index in [0.29, 0.717) is 30.4 Å². The molecule has 1 saturated heterocycles. The van der Waals surface area contributed by atoms with Crippen LogP contribution >= 0.6 is 0 Å². The number of Topliss-reactive ketones (excluding diaryl/α,β-unsaturated/α-hetero) is 1. The maximum absolute atomic E-state index is 12.1. The summed E-state index contributed by atoms with van der Waals surface area (Å²) >= 11 is 0. The fourth-order valence-electron chi connectivity index (χ4n) is 2.29. The first-order valence-corrected chi connectivity index (χ1v) is 6.80. The van der Waals surface area contributed by atoms with Gasteiger partial charge >= 0.3 is 0 Å². The Morgan fingerprint density at radius 3 is 2.79 bits per heavy atom. The molecule has 104 valence electrons. The summed E-state index contributed by atoms with van der Waals surface area (Å²) < 4.78 is 10.9. The molecule has 0 unspecified atom stereocenters. The number of ether oxygens (including phenoxy) is 2. The number of ketones is 1. The first kappa shape index (κ1) is 14.0. The summed E-state index contributed by atoms with van der Waals surface area (Å²) in [4.78, 5) is 12.1. The first-order chi connectivity index (χ1) is 9.31. The van der Waals surface area contributed by atoms with Gasteiger partial charge in [-0.05, 0) is 38.1 Å². The van der Waals surface area contributed by atoms with E-state index in [1.807, 2.05) is 12.1 Å². The van der Waals surface area contributed by atoms with Crippen molar-refractivity contribution in [1.82, 2.24) is 5.32 Å². The average molecular weight is 263 g/mol. The number of hydrogen-bond donors (Lipinski definition) is 1. The van der Waals surface area contributed by atoms with Gasteiger partial charge in [-0.2, -0.15) is 0 Å². The molecule has 0 aromatic heterocycles. The lowest BCUT2D eigenvalue weighted by molar-refractivity contribution is 0.0313. The van der Waals surface area contributed by atoms with Gasteiger partial charge in [0.1, 0.15) is 5.75 Å². The molecule has 0 saturated carbocycles.